The SMILES string of the molecule is CCCCNC(=O)NC[C@H]1CO1. The Morgan fingerprint density at radius 2 is 2.33 bits per heavy atom. The zero-order valence-corrected chi connectivity index (χ0v) is 7.43. The Labute approximate surface area is 72.7 Å². The van der Waals surface area contributed by atoms with Crippen molar-refractivity contribution in [3.05, 3.63) is 0 Å². The summed E-state index contributed by atoms with van der Waals surface area (Å²) in [7, 11) is 0. The van der Waals surface area contributed by atoms with Crippen molar-refractivity contribution >= 4 is 6.03 Å². The molecule has 1 aliphatic rings. The standard InChI is InChI=1S/C8H16N2O2/c1-2-3-4-9-8(11)10-5-7-6-12-7/h7H,2-6H2,1H3,(H2,9,10,11)/t7-/m0/s1. The molecule has 70 valence electrons. The Kier molecular flexibility index (Phi) is 3.87. The highest BCUT2D eigenvalue weighted by Gasteiger charge is 2.22. The molecule has 0 saturated carbocycles. The van der Waals surface area contributed by atoms with Gasteiger partial charge in [-0.3, -0.25) is 0 Å². The molecule has 0 aromatic rings. The number of carbonyl (C=O) groups is 1. The number of ether oxygens (including phenoxy) is 1. The van der Waals surface area contributed by atoms with Gasteiger partial charge in [-0.1, -0.05) is 13.3 Å². The van der Waals surface area contributed by atoms with E-state index in [4.69, 9.17) is 4.74 Å². The minimum atomic E-state index is -0.0843. The topological polar surface area (TPSA) is 53.7 Å². The smallest absolute Gasteiger partial charge is 0.314 e. The van der Waals surface area contributed by atoms with Crippen LogP contribution in [0.15, 0.2) is 0 Å². The Hall–Kier alpha value is -0.770. The Balaban J connectivity index is 1.88. The molecule has 4 nitrogen and oxygen atoms in total. The molecule has 1 rings (SSSR count). The second kappa shape index (κ2) is 4.98. The van der Waals surface area contributed by atoms with Gasteiger partial charge in [-0.15, -0.1) is 0 Å². The second-order valence-corrected chi connectivity index (χ2v) is 2.95. The van der Waals surface area contributed by atoms with E-state index in [1.807, 2.05) is 0 Å². The molecule has 4 heteroatoms. The van der Waals surface area contributed by atoms with Crippen LogP contribution in [-0.4, -0.2) is 31.8 Å². The molecule has 0 aromatic heterocycles. The van der Waals surface area contributed by atoms with E-state index in [0.29, 0.717) is 6.54 Å². The summed E-state index contributed by atoms with van der Waals surface area (Å²) in [5.41, 5.74) is 0. The van der Waals surface area contributed by atoms with Crippen molar-refractivity contribution in [1.82, 2.24) is 10.6 Å². The first-order chi connectivity index (χ1) is 5.83. The van der Waals surface area contributed by atoms with Crippen molar-refractivity contribution in [2.45, 2.75) is 25.9 Å². The lowest BCUT2D eigenvalue weighted by Crippen LogP contribution is -2.37. The van der Waals surface area contributed by atoms with E-state index in [-0.39, 0.29) is 12.1 Å². The van der Waals surface area contributed by atoms with Gasteiger partial charge in [0.1, 0.15) is 0 Å². The molecule has 1 atom stereocenters. The highest BCUT2D eigenvalue weighted by molar-refractivity contribution is 5.73. The third kappa shape index (κ3) is 4.18. The lowest BCUT2D eigenvalue weighted by Gasteiger charge is -2.04. The molecule has 1 fully saturated rings. The Morgan fingerprint density at radius 1 is 1.58 bits per heavy atom. The molecule has 1 aliphatic heterocycles. The third-order valence-electron chi connectivity index (χ3n) is 1.71. The number of unbranched alkanes of at least 4 members (excludes halogenated alkanes) is 1. The van der Waals surface area contributed by atoms with Crippen LogP contribution in [-0.2, 0) is 4.74 Å². The third-order valence-corrected chi connectivity index (χ3v) is 1.71. The number of carbonyl (C=O) groups excluding carboxylic acids is 1. The molecule has 12 heavy (non-hydrogen) atoms. The number of epoxide rings is 1. The number of nitrogens with one attached hydrogen (secondary N) is 2. The van der Waals surface area contributed by atoms with Crippen molar-refractivity contribution in [2.75, 3.05) is 19.7 Å². The van der Waals surface area contributed by atoms with Crippen molar-refractivity contribution in [2.24, 2.45) is 0 Å². The first kappa shape index (κ1) is 9.32. The average molecular weight is 172 g/mol. The summed E-state index contributed by atoms with van der Waals surface area (Å²) < 4.78 is 4.94. The molecule has 2 N–H and O–H groups in total. The van der Waals surface area contributed by atoms with E-state index in [2.05, 4.69) is 17.6 Å². The lowest BCUT2D eigenvalue weighted by atomic mass is 10.3. The number of rotatable bonds is 5. The van der Waals surface area contributed by atoms with Gasteiger partial charge in [0, 0.05) is 13.1 Å². The fourth-order valence-electron chi connectivity index (χ4n) is 0.834. The molecule has 0 radical (unpaired) electrons. The normalized spacial score (nSPS) is 20.2. The van der Waals surface area contributed by atoms with E-state index in [1.165, 1.54) is 0 Å². The van der Waals surface area contributed by atoms with E-state index in [9.17, 15) is 4.79 Å². The van der Waals surface area contributed by atoms with Crippen molar-refractivity contribution in [3.63, 3.8) is 0 Å². The van der Waals surface area contributed by atoms with Crippen LogP contribution in [0.4, 0.5) is 4.79 Å². The van der Waals surface area contributed by atoms with Crippen LogP contribution >= 0.6 is 0 Å². The van der Waals surface area contributed by atoms with Crippen molar-refractivity contribution in [1.29, 1.82) is 0 Å². The molecule has 1 heterocycles. The fraction of sp³-hybridized carbons (Fsp3) is 0.875. The summed E-state index contributed by atoms with van der Waals surface area (Å²) in [6, 6.07) is -0.0843. The van der Waals surface area contributed by atoms with Crippen LogP contribution in [0.2, 0.25) is 0 Å². The minimum Gasteiger partial charge on any atom is -0.371 e. The number of amides is 2. The molecule has 1 saturated heterocycles. The first-order valence-electron chi connectivity index (χ1n) is 4.46. The van der Waals surface area contributed by atoms with Gasteiger partial charge in [-0.25, -0.2) is 4.79 Å². The van der Waals surface area contributed by atoms with Crippen molar-refractivity contribution < 1.29 is 9.53 Å². The largest absolute Gasteiger partial charge is 0.371 e. The molecule has 2 amide bonds. The predicted octanol–water partition coefficient (Wildman–Crippen LogP) is 0.484. The van der Waals surface area contributed by atoms with Crippen molar-refractivity contribution in [3.8, 4) is 0 Å². The molecule has 0 bridgehead atoms. The van der Waals surface area contributed by atoms with Gasteiger partial charge in [0.15, 0.2) is 0 Å². The zero-order chi connectivity index (χ0) is 8.81. The first-order valence-corrected chi connectivity index (χ1v) is 4.46. The maximum atomic E-state index is 11.0. The highest BCUT2D eigenvalue weighted by atomic mass is 16.6. The molecular weight excluding hydrogens is 156 g/mol. The molecule has 0 unspecified atom stereocenters. The van der Waals surface area contributed by atoms with E-state index in [1.54, 1.807) is 0 Å². The molecule has 0 spiro atoms. The monoisotopic (exact) mass is 172 g/mol. The van der Waals surface area contributed by atoms with E-state index >= 15 is 0 Å². The maximum Gasteiger partial charge on any atom is 0.314 e. The van der Waals surface area contributed by atoms with Crippen LogP contribution in [0.5, 0.6) is 0 Å². The number of urea groups is 1. The summed E-state index contributed by atoms with van der Waals surface area (Å²) in [6.07, 6.45) is 2.40. The Bertz CT molecular complexity index is 146. The van der Waals surface area contributed by atoms with E-state index < -0.39 is 0 Å². The lowest BCUT2D eigenvalue weighted by molar-refractivity contribution is 0.239. The van der Waals surface area contributed by atoms with Crippen LogP contribution in [0, 0.1) is 0 Å². The summed E-state index contributed by atoms with van der Waals surface area (Å²) in [4.78, 5) is 11.0. The van der Waals surface area contributed by atoms with Crippen LogP contribution in [0.3, 0.4) is 0 Å². The van der Waals surface area contributed by atoms with Crippen LogP contribution in [0.25, 0.3) is 0 Å². The second-order valence-electron chi connectivity index (χ2n) is 2.95. The Morgan fingerprint density at radius 3 is 2.92 bits per heavy atom. The van der Waals surface area contributed by atoms with E-state index in [0.717, 1.165) is 26.0 Å². The van der Waals surface area contributed by atoms with Gasteiger partial charge in [-0.05, 0) is 6.42 Å². The number of hydrogen-bond acceptors (Lipinski definition) is 2. The average Bonchev–Trinajstić information content (AvgIpc) is 2.84. The molecule has 0 aromatic carbocycles. The van der Waals surface area contributed by atoms with Crippen LogP contribution < -0.4 is 10.6 Å². The quantitative estimate of drug-likeness (QED) is 0.468. The van der Waals surface area contributed by atoms with Gasteiger partial charge in [-0.2, -0.15) is 0 Å². The van der Waals surface area contributed by atoms with Gasteiger partial charge in [0.25, 0.3) is 0 Å². The zero-order valence-electron chi connectivity index (χ0n) is 7.43. The van der Waals surface area contributed by atoms with Gasteiger partial charge >= 0.3 is 6.03 Å². The minimum absolute atomic E-state index is 0.0843. The van der Waals surface area contributed by atoms with Gasteiger partial charge in [0.05, 0.1) is 12.7 Å². The summed E-state index contributed by atoms with van der Waals surface area (Å²) in [6.45, 7) is 4.28. The van der Waals surface area contributed by atoms with Crippen LogP contribution in [0.1, 0.15) is 19.8 Å². The summed E-state index contributed by atoms with van der Waals surface area (Å²) >= 11 is 0. The highest BCUT2D eigenvalue weighted by Crippen LogP contribution is 2.05. The van der Waals surface area contributed by atoms with Gasteiger partial charge < -0.3 is 15.4 Å². The molecular formula is C8H16N2O2. The van der Waals surface area contributed by atoms with Gasteiger partial charge in [0.2, 0.25) is 0 Å². The number of hydrogen-bond donors (Lipinski definition) is 2. The maximum absolute atomic E-state index is 11.0. The predicted molar refractivity (Wildman–Crippen MR) is 46.0 cm³/mol. The molecule has 0 aliphatic carbocycles. The summed E-state index contributed by atoms with van der Waals surface area (Å²) in [5, 5.41) is 5.49. The summed E-state index contributed by atoms with van der Waals surface area (Å²) in [5.74, 6) is 0. The fourth-order valence-corrected chi connectivity index (χ4v) is 0.834.